The number of furan rings is 1. The van der Waals surface area contributed by atoms with Crippen LogP contribution in [-0.2, 0) is 6.42 Å². The van der Waals surface area contributed by atoms with Crippen molar-refractivity contribution in [2.45, 2.75) is 40.2 Å². The predicted octanol–water partition coefficient (Wildman–Crippen LogP) is 4.37. The van der Waals surface area contributed by atoms with Crippen LogP contribution in [0.5, 0.6) is 5.75 Å². The molecular formula is C21H28N4O2S. The summed E-state index contributed by atoms with van der Waals surface area (Å²) in [5.74, 6) is 2.37. The van der Waals surface area contributed by atoms with Gasteiger partial charge in [-0.15, -0.1) is 11.3 Å². The van der Waals surface area contributed by atoms with Crippen molar-refractivity contribution in [1.82, 2.24) is 15.6 Å². The van der Waals surface area contributed by atoms with Crippen LogP contribution in [0.2, 0.25) is 0 Å². The Balaban J connectivity index is 1.62. The molecule has 0 bridgehead atoms. The zero-order valence-electron chi connectivity index (χ0n) is 17.1. The average molecular weight is 401 g/mol. The molecule has 0 aliphatic carbocycles. The Morgan fingerprint density at radius 1 is 1.36 bits per heavy atom. The van der Waals surface area contributed by atoms with Crippen LogP contribution in [-0.4, -0.2) is 31.1 Å². The van der Waals surface area contributed by atoms with Gasteiger partial charge in [0.05, 0.1) is 23.4 Å². The molecule has 0 aliphatic rings. The zero-order valence-corrected chi connectivity index (χ0v) is 17.9. The number of para-hydroxylation sites is 1. The first-order valence-electron chi connectivity index (χ1n) is 9.57. The van der Waals surface area contributed by atoms with Crippen LogP contribution in [0.15, 0.2) is 33.7 Å². The molecule has 150 valence electrons. The maximum absolute atomic E-state index is 6.07. The highest BCUT2D eigenvalue weighted by Gasteiger charge is 2.15. The number of guanidine groups is 1. The molecule has 3 aromatic rings. The molecule has 2 aromatic heterocycles. The lowest BCUT2D eigenvalue weighted by atomic mass is 10.2. The number of nitrogens with one attached hydrogen (secondary N) is 2. The zero-order chi connectivity index (χ0) is 20.1. The van der Waals surface area contributed by atoms with Gasteiger partial charge in [0, 0.05) is 30.3 Å². The van der Waals surface area contributed by atoms with E-state index < -0.39 is 0 Å². The SMILES string of the molecule is CCOc1cccc2cc(C(C)NC(=NC)NCCc3sc(C)nc3C)oc12. The number of aromatic nitrogens is 1. The van der Waals surface area contributed by atoms with Gasteiger partial charge in [0.1, 0.15) is 5.76 Å². The largest absolute Gasteiger partial charge is 0.490 e. The van der Waals surface area contributed by atoms with Gasteiger partial charge < -0.3 is 19.8 Å². The molecule has 2 heterocycles. The van der Waals surface area contributed by atoms with Crippen molar-refractivity contribution in [2.24, 2.45) is 4.99 Å². The molecule has 2 N–H and O–H groups in total. The van der Waals surface area contributed by atoms with Crippen LogP contribution >= 0.6 is 11.3 Å². The highest BCUT2D eigenvalue weighted by atomic mass is 32.1. The van der Waals surface area contributed by atoms with E-state index in [-0.39, 0.29) is 6.04 Å². The Labute approximate surface area is 170 Å². The quantitative estimate of drug-likeness (QED) is 0.455. The summed E-state index contributed by atoms with van der Waals surface area (Å²) in [6, 6.07) is 7.96. The standard InChI is InChI=1S/C21H28N4O2S/c1-6-26-17-9-7-8-16-12-18(27-20(16)17)13(2)25-21(22-5)23-11-10-19-14(3)24-15(4)28-19/h7-9,12-13H,6,10-11H2,1-5H3,(H2,22,23,25). The van der Waals surface area contributed by atoms with Gasteiger partial charge in [-0.3, -0.25) is 4.99 Å². The molecule has 0 aliphatic heterocycles. The molecular weight excluding hydrogens is 372 g/mol. The molecule has 7 heteroatoms. The highest BCUT2D eigenvalue weighted by Crippen LogP contribution is 2.31. The van der Waals surface area contributed by atoms with Crippen molar-refractivity contribution in [3.8, 4) is 5.75 Å². The van der Waals surface area contributed by atoms with Crippen LogP contribution < -0.4 is 15.4 Å². The van der Waals surface area contributed by atoms with Gasteiger partial charge in [-0.1, -0.05) is 12.1 Å². The Bertz CT molecular complexity index is 961. The van der Waals surface area contributed by atoms with E-state index in [1.165, 1.54) is 4.88 Å². The summed E-state index contributed by atoms with van der Waals surface area (Å²) in [5, 5.41) is 8.91. The minimum absolute atomic E-state index is 0.0274. The monoisotopic (exact) mass is 400 g/mol. The molecule has 0 saturated carbocycles. The molecule has 28 heavy (non-hydrogen) atoms. The second-order valence-corrected chi connectivity index (χ2v) is 7.90. The number of fused-ring (bicyclic) bond motifs is 1. The van der Waals surface area contributed by atoms with Crippen LogP contribution in [0, 0.1) is 13.8 Å². The number of hydrogen-bond donors (Lipinski definition) is 2. The molecule has 0 radical (unpaired) electrons. The predicted molar refractivity (Wildman–Crippen MR) is 116 cm³/mol. The van der Waals surface area contributed by atoms with Crippen molar-refractivity contribution in [3.05, 3.63) is 45.6 Å². The van der Waals surface area contributed by atoms with E-state index in [1.807, 2.05) is 38.1 Å². The van der Waals surface area contributed by atoms with Gasteiger partial charge in [-0.2, -0.15) is 0 Å². The number of aryl methyl sites for hydroxylation is 2. The Hall–Kier alpha value is -2.54. The summed E-state index contributed by atoms with van der Waals surface area (Å²) < 4.78 is 11.7. The van der Waals surface area contributed by atoms with Gasteiger partial charge in [0.25, 0.3) is 0 Å². The number of ether oxygens (including phenoxy) is 1. The van der Waals surface area contributed by atoms with Gasteiger partial charge >= 0.3 is 0 Å². The number of nitrogens with zero attached hydrogens (tertiary/aromatic N) is 2. The smallest absolute Gasteiger partial charge is 0.191 e. The van der Waals surface area contributed by atoms with E-state index in [0.717, 1.165) is 52.1 Å². The fraction of sp³-hybridized carbons (Fsp3) is 0.429. The fourth-order valence-corrected chi connectivity index (χ4v) is 4.05. The van der Waals surface area contributed by atoms with Gasteiger partial charge in [0.2, 0.25) is 0 Å². The summed E-state index contributed by atoms with van der Waals surface area (Å²) in [5.41, 5.74) is 1.90. The second-order valence-electron chi connectivity index (χ2n) is 6.61. The van der Waals surface area contributed by atoms with Crippen molar-refractivity contribution in [2.75, 3.05) is 20.2 Å². The van der Waals surface area contributed by atoms with Crippen LogP contribution in [0.4, 0.5) is 0 Å². The van der Waals surface area contributed by atoms with E-state index in [9.17, 15) is 0 Å². The minimum atomic E-state index is -0.0274. The van der Waals surface area contributed by atoms with Crippen molar-refractivity contribution in [3.63, 3.8) is 0 Å². The molecule has 0 amide bonds. The summed E-state index contributed by atoms with van der Waals surface area (Å²) >= 11 is 1.75. The third-order valence-electron chi connectivity index (χ3n) is 4.47. The summed E-state index contributed by atoms with van der Waals surface area (Å²) in [6.45, 7) is 9.54. The first kappa shape index (κ1) is 20.2. The molecule has 0 fully saturated rings. The molecule has 0 saturated heterocycles. The normalized spacial score (nSPS) is 13.0. The van der Waals surface area contributed by atoms with Crippen molar-refractivity contribution < 1.29 is 9.15 Å². The van der Waals surface area contributed by atoms with E-state index in [0.29, 0.717) is 6.61 Å². The number of rotatable bonds is 7. The molecule has 1 aromatic carbocycles. The average Bonchev–Trinajstić information content (AvgIpc) is 3.24. The van der Waals surface area contributed by atoms with E-state index >= 15 is 0 Å². The number of aliphatic imine (C=N–C) groups is 1. The van der Waals surface area contributed by atoms with Crippen molar-refractivity contribution in [1.29, 1.82) is 0 Å². The Kier molecular flexibility index (Phi) is 6.57. The lowest BCUT2D eigenvalue weighted by Gasteiger charge is -2.16. The number of hydrogen-bond acceptors (Lipinski definition) is 5. The summed E-state index contributed by atoms with van der Waals surface area (Å²) in [4.78, 5) is 10.1. The van der Waals surface area contributed by atoms with E-state index in [2.05, 4.69) is 34.5 Å². The first-order chi connectivity index (χ1) is 13.5. The van der Waals surface area contributed by atoms with Crippen LogP contribution in [0.1, 0.15) is 41.2 Å². The topological polar surface area (TPSA) is 71.7 Å². The highest BCUT2D eigenvalue weighted by molar-refractivity contribution is 7.11. The summed E-state index contributed by atoms with van der Waals surface area (Å²) in [7, 11) is 1.77. The van der Waals surface area contributed by atoms with E-state index in [4.69, 9.17) is 9.15 Å². The second kappa shape index (κ2) is 9.10. The van der Waals surface area contributed by atoms with Crippen molar-refractivity contribution >= 4 is 28.3 Å². The lowest BCUT2D eigenvalue weighted by Crippen LogP contribution is -2.39. The Morgan fingerprint density at radius 3 is 2.86 bits per heavy atom. The van der Waals surface area contributed by atoms with Crippen LogP contribution in [0.3, 0.4) is 0 Å². The maximum Gasteiger partial charge on any atom is 0.191 e. The van der Waals surface area contributed by atoms with Gasteiger partial charge in [-0.25, -0.2) is 4.98 Å². The third kappa shape index (κ3) is 4.65. The number of benzene rings is 1. The summed E-state index contributed by atoms with van der Waals surface area (Å²) in [6.07, 6.45) is 0.925. The van der Waals surface area contributed by atoms with E-state index in [1.54, 1.807) is 18.4 Å². The lowest BCUT2D eigenvalue weighted by molar-refractivity contribution is 0.336. The minimum Gasteiger partial charge on any atom is -0.490 e. The molecule has 1 atom stereocenters. The third-order valence-corrected chi connectivity index (χ3v) is 5.61. The van der Waals surface area contributed by atoms with Gasteiger partial charge in [-0.05, 0) is 39.8 Å². The maximum atomic E-state index is 6.07. The first-order valence-corrected chi connectivity index (χ1v) is 10.4. The fourth-order valence-electron chi connectivity index (χ4n) is 3.11. The van der Waals surface area contributed by atoms with Gasteiger partial charge in [0.15, 0.2) is 17.3 Å². The molecule has 6 nitrogen and oxygen atoms in total. The van der Waals surface area contributed by atoms with Crippen LogP contribution in [0.25, 0.3) is 11.0 Å². The molecule has 0 spiro atoms. The number of thiazole rings is 1. The molecule has 3 rings (SSSR count). The Morgan fingerprint density at radius 2 is 2.18 bits per heavy atom. The molecule has 1 unspecified atom stereocenters.